The number of aromatic amines is 1. The Hall–Kier alpha value is -2.85. The second kappa shape index (κ2) is 18.6. The summed E-state index contributed by atoms with van der Waals surface area (Å²) in [5.41, 5.74) is -1.89. The van der Waals surface area contributed by atoms with Gasteiger partial charge in [0.15, 0.2) is 0 Å². The average Bonchev–Trinajstić information content (AvgIpc) is 3.97. The minimum atomic E-state index is -1.00. The van der Waals surface area contributed by atoms with Gasteiger partial charge in [0.1, 0.15) is 17.5 Å². The normalized spacial score (nSPS) is 13.7. The molecular weight excluding hydrogens is 694 g/mol. The Labute approximate surface area is 302 Å². The predicted octanol–water partition coefficient (Wildman–Crippen LogP) is 0.412. The molecule has 0 atom stereocenters. The Kier molecular flexibility index (Phi) is 15.3. The molecule has 254 valence electrons. The van der Waals surface area contributed by atoms with E-state index in [4.69, 9.17) is 14.9 Å². The molecule has 6 rings (SSSR count). The molecule has 0 amide bonds. The molecule has 2 saturated carbocycles. The maximum atomic E-state index is 12.7. The van der Waals surface area contributed by atoms with Gasteiger partial charge in [0.05, 0.1) is 8.52 Å². The van der Waals surface area contributed by atoms with Crippen LogP contribution in [0.3, 0.4) is 0 Å². The fraction of sp³-hybridized carbons (Fsp3) is 0.548. The van der Waals surface area contributed by atoms with Crippen molar-refractivity contribution < 1.29 is 50.3 Å². The molecule has 0 bridgehead atoms. The van der Waals surface area contributed by atoms with Crippen LogP contribution in [0.2, 0.25) is 0 Å². The number of alkyl halides is 2. The Morgan fingerprint density at radius 3 is 1.85 bits per heavy atom. The molecule has 0 radical (unpaired) electrons. The van der Waals surface area contributed by atoms with Crippen LogP contribution >= 0.6 is 15.9 Å². The van der Waals surface area contributed by atoms with Crippen LogP contribution in [0, 0.1) is 11.8 Å². The molecule has 2 aliphatic rings. The van der Waals surface area contributed by atoms with Crippen LogP contribution in [0.1, 0.15) is 60.4 Å². The number of rotatable bonds is 8. The summed E-state index contributed by atoms with van der Waals surface area (Å²) in [6, 6.07) is 2.59. The molecule has 2 aliphatic carbocycles. The van der Waals surface area contributed by atoms with Gasteiger partial charge in [0, 0.05) is 37.7 Å². The predicted molar refractivity (Wildman–Crippen MR) is 177 cm³/mol. The monoisotopic (exact) mass is 735 g/mol. The summed E-state index contributed by atoms with van der Waals surface area (Å²) in [5.74, 6) is 1.47. The first-order chi connectivity index (χ1) is 22.5. The van der Waals surface area contributed by atoms with E-state index >= 15 is 0 Å². The van der Waals surface area contributed by atoms with Gasteiger partial charge in [-0.15, -0.1) is 0 Å². The van der Waals surface area contributed by atoms with Crippen LogP contribution < -0.4 is 63.3 Å². The van der Waals surface area contributed by atoms with Crippen molar-refractivity contribution in [2.45, 2.75) is 79.1 Å². The Morgan fingerprint density at radius 2 is 1.43 bits per heavy atom. The first-order valence-electron chi connectivity index (χ1n) is 15.7. The number of hydrogen-bond acceptors (Lipinski definition) is 9. The quantitative estimate of drug-likeness (QED) is 0.199. The third kappa shape index (κ3) is 9.84. The van der Waals surface area contributed by atoms with Gasteiger partial charge in [0.2, 0.25) is 11.4 Å². The number of ether oxygens (including phenoxy) is 1. The summed E-state index contributed by atoms with van der Waals surface area (Å²) < 4.78 is 34.2. The molecule has 16 heteroatoms. The SMILES string of the molecule is BrCC1CC1.CCc1cc(=O)oc2c1c(=O)[nH]c(=O)n2COC.CCc1cc(=O)oc2c1c(=O)n(CC1CC1)c(=O)n2CC.[2H]CF.[H-].[Na+]. The molecule has 4 aromatic rings. The number of fused-ring (bicyclic) bond motifs is 2. The van der Waals surface area contributed by atoms with E-state index in [0.29, 0.717) is 48.4 Å². The first-order valence-corrected chi connectivity index (χ1v) is 16.1. The molecule has 4 heterocycles. The molecular formula is C31H41BrFN4NaO9. The van der Waals surface area contributed by atoms with Crippen molar-refractivity contribution in [3.63, 3.8) is 0 Å². The van der Waals surface area contributed by atoms with E-state index < -0.39 is 35.3 Å². The summed E-state index contributed by atoms with van der Waals surface area (Å²) in [6.45, 7) is 6.18. The number of nitrogens with zero attached hydrogens (tertiary/aromatic N) is 3. The maximum Gasteiger partial charge on any atom is 1.00 e. The Bertz CT molecular complexity index is 2050. The Balaban J connectivity index is 0.000000390. The van der Waals surface area contributed by atoms with E-state index in [2.05, 4.69) is 20.9 Å². The number of H-pyrrole nitrogens is 1. The number of hydrogen-bond donors (Lipinski definition) is 1. The number of nitrogens with one attached hydrogen (secondary N) is 1. The molecule has 1 N–H and O–H groups in total. The second-order valence-corrected chi connectivity index (χ2v) is 11.5. The number of aromatic nitrogens is 4. The molecule has 2 fully saturated rings. The Morgan fingerprint density at radius 1 is 0.915 bits per heavy atom. The smallest absolute Gasteiger partial charge is 1.00 e. The second-order valence-electron chi connectivity index (χ2n) is 10.8. The summed E-state index contributed by atoms with van der Waals surface area (Å²) in [4.78, 5) is 73.7. The summed E-state index contributed by atoms with van der Waals surface area (Å²) >= 11 is 3.38. The molecule has 0 aromatic carbocycles. The summed E-state index contributed by atoms with van der Waals surface area (Å²) in [6.07, 6.45) is 6.07. The minimum absolute atomic E-state index is 0. The van der Waals surface area contributed by atoms with Crippen molar-refractivity contribution in [3.8, 4) is 0 Å². The van der Waals surface area contributed by atoms with Gasteiger partial charge in [-0.2, -0.15) is 0 Å². The van der Waals surface area contributed by atoms with Crippen molar-refractivity contribution >= 4 is 38.1 Å². The molecule has 0 saturated heterocycles. The fourth-order valence-corrected chi connectivity index (χ4v) is 5.40. The molecule has 0 unspecified atom stereocenters. The van der Waals surface area contributed by atoms with Gasteiger partial charge in [-0.25, -0.2) is 23.7 Å². The molecule has 47 heavy (non-hydrogen) atoms. The summed E-state index contributed by atoms with van der Waals surface area (Å²) in [5, 5.41) is 1.79. The minimum Gasteiger partial charge on any atom is -1.00 e. The van der Waals surface area contributed by atoms with Gasteiger partial charge >= 0.3 is 52.2 Å². The van der Waals surface area contributed by atoms with Gasteiger partial charge in [-0.1, -0.05) is 29.8 Å². The first kappa shape index (κ1) is 38.6. The van der Waals surface area contributed by atoms with Crippen molar-refractivity contribution in [1.82, 2.24) is 18.7 Å². The van der Waals surface area contributed by atoms with E-state index in [1.807, 2.05) is 6.92 Å². The number of aryl methyl sites for hydroxylation is 3. The van der Waals surface area contributed by atoms with Crippen LogP contribution in [-0.4, -0.2) is 38.3 Å². The fourth-order valence-electron chi connectivity index (χ4n) is 4.76. The van der Waals surface area contributed by atoms with E-state index in [0.717, 1.165) is 23.3 Å². The van der Waals surface area contributed by atoms with Crippen LogP contribution in [0.25, 0.3) is 22.2 Å². The van der Waals surface area contributed by atoms with Crippen LogP contribution in [0.15, 0.2) is 49.7 Å². The molecule has 0 spiro atoms. The largest absolute Gasteiger partial charge is 1.00 e. The number of methoxy groups -OCH3 is 1. The standard InChI is InChI=1S/C15H18N2O4.C11H12N2O5.C4H7Br.CH3F.Na.H/c1-3-10-7-11(18)21-14-12(10)13(19)17(8-9-5-6-9)15(20)16(14)4-2;1-3-6-4-7(14)18-10-8(6)9(15)12-11(16)13(10)5-17-2;5-3-4-1-2-4;1-2;;/h7,9H,3-6,8H2,1-2H3;4H,3,5H2,1-2H3,(H,12,15,16);4H,1-3H2;1H3;;/q;;;;+1;-1/i;;;1D;;. The zero-order valence-electron chi connectivity index (χ0n) is 29.4. The third-order valence-electron chi connectivity index (χ3n) is 7.54. The van der Waals surface area contributed by atoms with Crippen molar-refractivity contribution in [3.05, 3.63) is 85.8 Å². The van der Waals surface area contributed by atoms with Gasteiger partial charge in [0.25, 0.3) is 11.1 Å². The van der Waals surface area contributed by atoms with E-state index in [1.165, 1.54) is 46.5 Å². The van der Waals surface area contributed by atoms with Gasteiger partial charge < -0.3 is 15.0 Å². The van der Waals surface area contributed by atoms with E-state index in [1.54, 1.807) is 13.8 Å². The van der Waals surface area contributed by atoms with Crippen molar-refractivity contribution in [2.75, 3.05) is 19.6 Å². The van der Waals surface area contributed by atoms with Crippen LogP contribution in [0.5, 0.6) is 0 Å². The van der Waals surface area contributed by atoms with Crippen molar-refractivity contribution in [1.29, 1.82) is 0 Å². The van der Waals surface area contributed by atoms with E-state index in [9.17, 15) is 33.2 Å². The van der Waals surface area contributed by atoms with Crippen LogP contribution in [-0.2, 0) is 37.4 Å². The maximum absolute atomic E-state index is 12.7. The zero-order chi connectivity index (χ0) is 34.8. The summed E-state index contributed by atoms with van der Waals surface area (Å²) in [7, 11) is 0.394. The molecule has 13 nitrogen and oxygen atoms in total. The molecule has 0 aliphatic heterocycles. The molecule has 4 aromatic heterocycles. The zero-order valence-corrected chi connectivity index (χ0v) is 30.9. The average molecular weight is 737 g/mol. The van der Waals surface area contributed by atoms with Crippen molar-refractivity contribution in [2.24, 2.45) is 11.8 Å². The number of halogens is 2. The van der Waals surface area contributed by atoms with Gasteiger partial charge in [-0.3, -0.25) is 28.1 Å². The topological polar surface area (TPSA) is 169 Å². The van der Waals surface area contributed by atoms with Crippen LogP contribution in [0.4, 0.5) is 4.39 Å². The van der Waals surface area contributed by atoms with Gasteiger partial charge in [-0.05, 0) is 68.4 Å². The van der Waals surface area contributed by atoms with E-state index in [-0.39, 0.29) is 60.1 Å². The third-order valence-corrected chi connectivity index (χ3v) is 8.46.